The van der Waals surface area contributed by atoms with Gasteiger partial charge in [0.15, 0.2) is 0 Å². The van der Waals surface area contributed by atoms with E-state index in [9.17, 15) is 8.42 Å². The van der Waals surface area contributed by atoms with Crippen LogP contribution in [0.2, 0.25) is 0 Å². The van der Waals surface area contributed by atoms with Crippen LogP contribution < -0.4 is 14.2 Å². The van der Waals surface area contributed by atoms with Crippen molar-refractivity contribution in [3.05, 3.63) is 89.1 Å². The molecule has 3 aromatic carbocycles. The van der Waals surface area contributed by atoms with Crippen molar-refractivity contribution in [1.29, 1.82) is 0 Å². The highest BCUT2D eigenvalue weighted by Crippen LogP contribution is 2.28. The third-order valence-corrected chi connectivity index (χ3v) is 7.23. The summed E-state index contributed by atoms with van der Waals surface area (Å²) in [6.45, 7) is 4.59. The third-order valence-electron chi connectivity index (χ3n) is 5.74. The van der Waals surface area contributed by atoms with Crippen molar-refractivity contribution < 1.29 is 17.9 Å². The molecule has 4 aromatic rings. The Labute approximate surface area is 194 Å². The monoisotopic (exact) mass is 464 g/mol. The Morgan fingerprint density at radius 1 is 0.970 bits per heavy atom. The minimum Gasteiger partial charge on any atom is -0.495 e. The number of fused-ring (bicyclic) bond motifs is 1. The van der Waals surface area contributed by atoms with E-state index in [4.69, 9.17) is 9.47 Å². The zero-order valence-corrected chi connectivity index (χ0v) is 19.8. The van der Waals surface area contributed by atoms with Gasteiger partial charge in [-0.25, -0.2) is 13.1 Å². The van der Waals surface area contributed by atoms with E-state index in [1.54, 1.807) is 12.1 Å². The first kappa shape index (κ1) is 22.9. The molecule has 0 aliphatic rings. The third kappa shape index (κ3) is 5.21. The number of aromatic nitrogens is 1. The summed E-state index contributed by atoms with van der Waals surface area (Å²) < 4.78 is 39.7. The average molecular weight is 465 g/mol. The predicted octanol–water partition coefficient (Wildman–Crippen LogP) is 4.89. The molecule has 2 N–H and O–H groups in total. The SMILES string of the molecule is COc1cc(C)c(C)cc1S(=O)(=O)NCCc1c[nH]c2cc(OCc3ccccc3)ccc12. The number of nitrogens with one attached hydrogen (secondary N) is 2. The first-order valence-electron chi connectivity index (χ1n) is 10.8. The van der Waals surface area contributed by atoms with Crippen LogP contribution in [0.25, 0.3) is 10.9 Å². The number of sulfonamides is 1. The van der Waals surface area contributed by atoms with Crippen LogP contribution in [-0.4, -0.2) is 27.1 Å². The molecule has 0 saturated heterocycles. The molecule has 1 heterocycles. The van der Waals surface area contributed by atoms with Gasteiger partial charge in [-0.1, -0.05) is 30.3 Å². The molecule has 0 amide bonds. The summed E-state index contributed by atoms with van der Waals surface area (Å²) in [6, 6.07) is 19.3. The van der Waals surface area contributed by atoms with Crippen molar-refractivity contribution in [2.24, 2.45) is 0 Å². The number of H-pyrrole nitrogens is 1. The number of hydrogen-bond donors (Lipinski definition) is 2. The summed E-state index contributed by atoms with van der Waals surface area (Å²) in [7, 11) is -2.22. The quantitative estimate of drug-likeness (QED) is 0.369. The molecule has 1 aromatic heterocycles. The van der Waals surface area contributed by atoms with Gasteiger partial charge in [-0.3, -0.25) is 0 Å². The summed E-state index contributed by atoms with van der Waals surface area (Å²) >= 11 is 0. The van der Waals surface area contributed by atoms with E-state index >= 15 is 0 Å². The normalized spacial score (nSPS) is 11.6. The molecule has 172 valence electrons. The van der Waals surface area contributed by atoms with Gasteiger partial charge in [0, 0.05) is 29.7 Å². The van der Waals surface area contributed by atoms with E-state index in [0.717, 1.165) is 38.9 Å². The molecular formula is C26H28N2O4S. The zero-order chi connectivity index (χ0) is 23.4. The maximum atomic E-state index is 12.9. The maximum Gasteiger partial charge on any atom is 0.244 e. The van der Waals surface area contributed by atoms with Gasteiger partial charge in [0.25, 0.3) is 0 Å². The molecule has 0 bridgehead atoms. The van der Waals surface area contributed by atoms with E-state index in [-0.39, 0.29) is 11.4 Å². The van der Waals surface area contributed by atoms with Gasteiger partial charge >= 0.3 is 0 Å². The second-order valence-electron chi connectivity index (χ2n) is 8.03. The molecule has 0 aliphatic heterocycles. The summed E-state index contributed by atoms with van der Waals surface area (Å²) in [6.07, 6.45) is 2.47. The fraction of sp³-hybridized carbons (Fsp3) is 0.231. The number of methoxy groups -OCH3 is 1. The molecule has 0 fully saturated rings. The maximum absolute atomic E-state index is 12.9. The number of hydrogen-bond acceptors (Lipinski definition) is 4. The molecule has 6 nitrogen and oxygen atoms in total. The Bertz CT molecular complexity index is 1360. The van der Waals surface area contributed by atoms with E-state index in [0.29, 0.717) is 18.8 Å². The number of aromatic amines is 1. The molecule has 0 unspecified atom stereocenters. The van der Waals surface area contributed by atoms with Crippen molar-refractivity contribution in [1.82, 2.24) is 9.71 Å². The molecule has 7 heteroatoms. The topological polar surface area (TPSA) is 80.4 Å². The van der Waals surface area contributed by atoms with E-state index < -0.39 is 10.0 Å². The molecule has 0 aliphatic carbocycles. The van der Waals surface area contributed by atoms with Gasteiger partial charge in [-0.15, -0.1) is 0 Å². The molecular weight excluding hydrogens is 436 g/mol. The lowest BCUT2D eigenvalue weighted by Crippen LogP contribution is -2.26. The van der Waals surface area contributed by atoms with Crippen molar-refractivity contribution in [3.63, 3.8) is 0 Å². The van der Waals surface area contributed by atoms with E-state index in [1.807, 2.05) is 68.6 Å². The summed E-state index contributed by atoms with van der Waals surface area (Å²) in [5.41, 5.74) is 4.98. The second kappa shape index (κ2) is 9.68. The van der Waals surface area contributed by atoms with Crippen LogP contribution in [0.1, 0.15) is 22.3 Å². The lowest BCUT2D eigenvalue weighted by molar-refractivity contribution is 0.306. The predicted molar refractivity (Wildman–Crippen MR) is 130 cm³/mol. The largest absolute Gasteiger partial charge is 0.495 e. The van der Waals surface area contributed by atoms with Gasteiger partial charge in [-0.05, 0) is 66.8 Å². The van der Waals surface area contributed by atoms with Gasteiger partial charge in [-0.2, -0.15) is 0 Å². The highest BCUT2D eigenvalue weighted by atomic mass is 32.2. The van der Waals surface area contributed by atoms with Crippen LogP contribution in [0.4, 0.5) is 0 Å². The van der Waals surface area contributed by atoms with Gasteiger partial charge in [0.05, 0.1) is 7.11 Å². The first-order chi connectivity index (χ1) is 15.9. The van der Waals surface area contributed by atoms with Gasteiger partial charge in [0.1, 0.15) is 23.0 Å². The lowest BCUT2D eigenvalue weighted by Gasteiger charge is -2.13. The number of rotatable bonds is 9. The Morgan fingerprint density at radius 2 is 1.73 bits per heavy atom. The van der Waals surface area contributed by atoms with E-state index in [2.05, 4.69) is 9.71 Å². The second-order valence-corrected chi connectivity index (χ2v) is 9.77. The molecule has 4 rings (SSSR count). The van der Waals surface area contributed by atoms with Crippen LogP contribution >= 0.6 is 0 Å². The fourth-order valence-corrected chi connectivity index (χ4v) is 5.00. The Hall–Kier alpha value is -3.29. The van der Waals surface area contributed by atoms with E-state index in [1.165, 1.54) is 7.11 Å². The van der Waals surface area contributed by atoms with Crippen LogP contribution in [-0.2, 0) is 23.1 Å². The molecule has 33 heavy (non-hydrogen) atoms. The van der Waals surface area contributed by atoms with Crippen molar-refractivity contribution >= 4 is 20.9 Å². The fourth-order valence-electron chi connectivity index (χ4n) is 3.73. The van der Waals surface area contributed by atoms with Crippen molar-refractivity contribution in [2.75, 3.05) is 13.7 Å². The first-order valence-corrected chi connectivity index (χ1v) is 12.3. The lowest BCUT2D eigenvalue weighted by atomic mass is 10.1. The van der Waals surface area contributed by atoms with Gasteiger partial charge < -0.3 is 14.5 Å². The molecule has 0 atom stereocenters. The molecule has 0 spiro atoms. The average Bonchev–Trinajstić information content (AvgIpc) is 3.22. The number of benzene rings is 3. The zero-order valence-electron chi connectivity index (χ0n) is 19.0. The molecule has 0 saturated carbocycles. The van der Waals surface area contributed by atoms with Crippen LogP contribution in [0.15, 0.2) is 71.8 Å². The smallest absolute Gasteiger partial charge is 0.244 e. The Morgan fingerprint density at radius 3 is 2.48 bits per heavy atom. The summed E-state index contributed by atoms with van der Waals surface area (Å²) in [5.74, 6) is 1.13. The Balaban J connectivity index is 1.42. The van der Waals surface area contributed by atoms with Crippen LogP contribution in [0.5, 0.6) is 11.5 Å². The van der Waals surface area contributed by atoms with Crippen molar-refractivity contribution in [3.8, 4) is 11.5 Å². The summed E-state index contributed by atoms with van der Waals surface area (Å²) in [4.78, 5) is 3.42. The number of aryl methyl sites for hydroxylation is 2. The minimum absolute atomic E-state index is 0.159. The van der Waals surface area contributed by atoms with Crippen LogP contribution in [0, 0.1) is 13.8 Å². The molecule has 0 radical (unpaired) electrons. The van der Waals surface area contributed by atoms with Gasteiger partial charge in [0.2, 0.25) is 10.0 Å². The minimum atomic E-state index is -3.69. The van der Waals surface area contributed by atoms with Crippen molar-refractivity contribution in [2.45, 2.75) is 31.8 Å². The highest BCUT2D eigenvalue weighted by Gasteiger charge is 2.20. The Kier molecular flexibility index (Phi) is 6.72. The number of ether oxygens (including phenoxy) is 2. The standard InChI is InChI=1S/C26H28N2O4S/c1-18-13-25(31-3)26(14-19(18)2)33(29,30)28-12-11-21-16-27-24-15-22(9-10-23(21)24)32-17-20-7-5-4-6-8-20/h4-10,13-16,27-28H,11-12,17H2,1-3H3. The highest BCUT2D eigenvalue weighted by molar-refractivity contribution is 7.89. The summed E-state index contributed by atoms with van der Waals surface area (Å²) in [5, 5.41) is 1.05. The van der Waals surface area contributed by atoms with Crippen LogP contribution in [0.3, 0.4) is 0 Å².